The lowest BCUT2D eigenvalue weighted by molar-refractivity contribution is -0.274. The monoisotopic (exact) mass is 299 g/mol. The van der Waals surface area contributed by atoms with E-state index < -0.39 is 6.36 Å². The molecule has 0 saturated carbocycles. The van der Waals surface area contributed by atoms with Gasteiger partial charge in [0.25, 0.3) is 0 Å². The minimum atomic E-state index is -4.70. The van der Waals surface area contributed by atoms with Crippen molar-refractivity contribution in [2.75, 3.05) is 5.32 Å². The summed E-state index contributed by atoms with van der Waals surface area (Å²) in [6.07, 6.45) is -4.70. The third-order valence-corrected chi connectivity index (χ3v) is 2.84. The van der Waals surface area contributed by atoms with Crippen molar-refractivity contribution in [2.45, 2.75) is 19.3 Å². The highest BCUT2D eigenvalue weighted by Crippen LogP contribution is 2.25. The molecule has 0 bridgehead atoms. The third-order valence-electron chi connectivity index (χ3n) is 2.84. The van der Waals surface area contributed by atoms with Gasteiger partial charge in [0.1, 0.15) is 11.6 Å². The molecule has 2 rings (SSSR count). The molecule has 0 aliphatic heterocycles. The Hall–Kier alpha value is -2.24. The van der Waals surface area contributed by atoms with Crippen molar-refractivity contribution >= 4 is 5.69 Å². The molecule has 0 fully saturated rings. The molecule has 112 valence electrons. The summed E-state index contributed by atoms with van der Waals surface area (Å²) >= 11 is 0. The van der Waals surface area contributed by atoms with Crippen molar-refractivity contribution in [2.24, 2.45) is 0 Å². The molecule has 0 aliphatic carbocycles. The van der Waals surface area contributed by atoms with Gasteiger partial charge in [-0.05, 0) is 48.9 Å². The molecule has 1 atom stereocenters. The number of anilines is 1. The predicted molar refractivity (Wildman–Crippen MR) is 71.6 cm³/mol. The average molecular weight is 299 g/mol. The van der Waals surface area contributed by atoms with Gasteiger partial charge in [0, 0.05) is 11.7 Å². The zero-order valence-electron chi connectivity index (χ0n) is 11.1. The van der Waals surface area contributed by atoms with Gasteiger partial charge in [-0.25, -0.2) is 4.39 Å². The van der Waals surface area contributed by atoms with Crippen molar-refractivity contribution < 1.29 is 22.3 Å². The normalized spacial score (nSPS) is 12.8. The molecule has 1 N–H and O–H groups in total. The zero-order valence-corrected chi connectivity index (χ0v) is 11.1. The number of rotatable bonds is 4. The first kappa shape index (κ1) is 15.2. The fourth-order valence-corrected chi connectivity index (χ4v) is 1.84. The summed E-state index contributed by atoms with van der Waals surface area (Å²) in [5, 5.41) is 3.11. The van der Waals surface area contributed by atoms with Crippen LogP contribution in [0, 0.1) is 5.82 Å². The average Bonchev–Trinajstić information content (AvgIpc) is 2.40. The molecule has 21 heavy (non-hydrogen) atoms. The molecule has 2 aromatic carbocycles. The Morgan fingerprint density at radius 3 is 2.05 bits per heavy atom. The highest BCUT2D eigenvalue weighted by Gasteiger charge is 2.30. The summed E-state index contributed by atoms with van der Waals surface area (Å²) in [6.45, 7) is 1.87. The van der Waals surface area contributed by atoms with Crippen LogP contribution in [0.15, 0.2) is 48.5 Å². The highest BCUT2D eigenvalue weighted by molar-refractivity contribution is 5.48. The van der Waals surface area contributed by atoms with Gasteiger partial charge in [0.15, 0.2) is 0 Å². The molecule has 1 unspecified atom stereocenters. The van der Waals surface area contributed by atoms with Gasteiger partial charge in [-0.1, -0.05) is 12.1 Å². The SMILES string of the molecule is CC(Nc1ccc(OC(F)(F)F)cc1)c1ccc(F)cc1. The second-order valence-electron chi connectivity index (χ2n) is 4.49. The molecule has 0 aromatic heterocycles. The standard InChI is InChI=1S/C15H13F4NO/c1-10(11-2-4-12(16)5-3-11)20-13-6-8-14(9-7-13)21-15(17,18)19/h2-10,20H,1H3. The Bertz CT molecular complexity index is 578. The first-order valence-electron chi connectivity index (χ1n) is 6.21. The third kappa shape index (κ3) is 4.66. The van der Waals surface area contributed by atoms with Crippen LogP contribution in [0.2, 0.25) is 0 Å². The summed E-state index contributed by atoms with van der Waals surface area (Å²) < 4.78 is 52.7. The second-order valence-corrected chi connectivity index (χ2v) is 4.49. The predicted octanol–water partition coefficient (Wildman–Crippen LogP) is 4.90. The number of hydrogen-bond acceptors (Lipinski definition) is 2. The minimum Gasteiger partial charge on any atom is -0.406 e. The van der Waals surface area contributed by atoms with Gasteiger partial charge >= 0.3 is 6.36 Å². The van der Waals surface area contributed by atoms with Gasteiger partial charge in [0.2, 0.25) is 0 Å². The van der Waals surface area contributed by atoms with E-state index in [1.807, 2.05) is 6.92 Å². The topological polar surface area (TPSA) is 21.3 Å². The molecule has 0 spiro atoms. The van der Waals surface area contributed by atoms with E-state index in [1.54, 1.807) is 12.1 Å². The molecule has 0 heterocycles. The van der Waals surface area contributed by atoms with E-state index in [2.05, 4.69) is 10.1 Å². The molecule has 0 radical (unpaired) electrons. The molecule has 2 nitrogen and oxygen atoms in total. The number of alkyl halides is 3. The van der Waals surface area contributed by atoms with E-state index in [4.69, 9.17) is 0 Å². The zero-order chi connectivity index (χ0) is 15.5. The maximum absolute atomic E-state index is 12.8. The molecule has 0 amide bonds. The Labute approximate surface area is 119 Å². The van der Waals surface area contributed by atoms with Gasteiger partial charge in [0.05, 0.1) is 0 Å². The molecule has 0 saturated heterocycles. The largest absolute Gasteiger partial charge is 0.573 e. The van der Waals surface area contributed by atoms with E-state index in [0.717, 1.165) is 5.56 Å². The Morgan fingerprint density at radius 1 is 0.952 bits per heavy atom. The molecule has 0 aliphatic rings. The second kappa shape index (κ2) is 6.03. The lowest BCUT2D eigenvalue weighted by atomic mass is 10.1. The van der Waals surface area contributed by atoms with Gasteiger partial charge in [-0.15, -0.1) is 13.2 Å². The Kier molecular flexibility index (Phi) is 4.35. The van der Waals surface area contributed by atoms with Crippen molar-refractivity contribution in [3.63, 3.8) is 0 Å². The van der Waals surface area contributed by atoms with Crippen LogP contribution in [0.1, 0.15) is 18.5 Å². The first-order chi connectivity index (χ1) is 9.83. The van der Waals surface area contributed by atoms with Crippen LogP contribution >= 0.6 is 0 Å². The van der Waals surface area contributed by atoms with Gasteiger partial charge < -0.3 is 10.1 Å². The Balaban J connectivity index is 2.01. The fraction of sp³-hybridized carbons (Fsp3) is 0.200. The fourth-order valence-electron chi connectivity index (χ4n) is 1.84. The smallest absolute Gasteiger partial charge is 0.406 e. The van der Waals surface area contributed by atoms with E-state index in [0.29, 0.717) is 5.69 Å². The number of nitrogens with one attached hydrogen (secondary N) is 1. The maximum atomic E-state index is 12.8. The van der Waals surface area contributed by atoms with E-state index >= 15 is 0 Å². The van der Waals surface area contributed by atoms with Crippen LogP contribution in [0.3, 0.4) is 0 Å². The van der Waals surface area contributed by atoms with Crippen molar-refractivity contribution in [1.82, 2.24) is 0 Å². The summed E-state index contributed by atoms with van der Waals surface area (Å²) in [5.74, 6) is -0.595. The van der Waals surface area contributed by atoms with Crippen LogP contribution in [0.25, 0.3) is 0 Å². The van der Waals surface area contributed by atoms with Crippen LogP contribution in [-0.4, -0.2) is 6.36 Å². The molecule has 2 aromatic rings. The van der Waals surface area contributed by atoms with E-state index in [-0.39, 0.29) is 17.6 Å². The van der Waals surface area contributed by atoms with Crippen LogP contribution in [0.5, 0.6) is 5.75 Å². The quantitative estimate of drug-likeness (QED) is 0.811. The van der Waals surface area contributed by atoms with E-state index in [9.17, 15) is 17.6 Å². The number of hydrogen-bond donors (Lipinski definition) is 1. The van der Waals surface area contributed by atoms with Crippen LogP contribution < -0.4 is 10.1 Å². The number of benzene rings is 2. The van der Waals surface area contributed by atoms with Gasteiger partial charge in [-0.3, -0.25) is 0 Å². The molecule has 6 heteroatoms. The van der Waals surface area contributed by atoms with Crippen LogP contribution in [0.4, 0.5) is 23.2 Å². The lowest BCUT2D eigenvalue weighted by Crippen LogP contribution is -2.17. The summed E-state index contributed by atoms with van der Waals surface area (Å²) in [5.41, 5.74) is 1.51. The Morgan fingerprint density at radius 2 is 1.52 bits per heavy atom. The van der Waals surface area contributed by atoms with Crippen molar-refractivity contribution in [3.8, 4) is 5.75 Å². The first-order valence-corrected chi connectivity index (χ1v) is 6.21. The lowest BCUT2D eigenvalue weighted by Gasteiger charge is -2.16. The highest BCUT2D eigenvalue weighted by atomic mass is 19.4. The summed E-state index contributed by atoms with van der Waals surface area (Å²) in [7, 11) is 0. The summed E-state index contributed by atoms with van der Waals surface area (Å²) in [4.78, 5) is 0. The number of halogens is 4. The molecular formula is C15H13F4NO. The number of ether oxygens (including phenoxy) is 1. The molecular weight excluding hydrogens is 286 g/mol. The minimum absolute atomic E-state index is 0.111. The van der Waals surface area contributed by atoms with Gasteiger partial charge in [-0.2, -0.15) is 0 Å². The van der Waals surface area contributed by atoms with Crippen molar-refractivity contribution in [1.29, 1.82) is 0 Å². The van der Waals surface area contributed by atoms with Crippen LogP contribution in [-0.2, 0) is 0 Å². The van der Waals surface area contributed by atoms with Crippen molar-refractivity contribution in [3.05, 3.63) is 59.9 Å². The summed E-state index contributed by atoms with van der Waals surface area (Å²) in [6, 6.07) is 11.3. The maximum Gasteiger partial charge on any atom is 0.573 e. The van der Waals surface area contributed by atoms with E-state index in [1.165, 1.54) is 36.4 Å².